The van der Waals surface area contributed by atoms with Gasteiger partial charge in [-0.15, -0.1) is 0 Å². The largest absolute Gasteiger partial charge is 0.345 e. The van der Waals surface area contributed by atoms with Gasteiger partial charge in [-0.05, 0) is 24.8 Å². The van der Waals surface area contributed by atoms with Crippen molar-refractivity contribution in [2.75, 3.05) is 0 Å². The second-order valence-electron chi connectivity index (χ2n) is 5.48. The van der Waals surface area contributed by atoms with Crippen molar-refractivity contribution in [2.24, 2.45) is 0 Å². The molecule has 20 heavy (non-hydrogen) atoms. The van der Waals surface area contributed by atoms with E-state index in [1.165, 1.54) is 6.92 Å². The molecule has 0 heterocycles. The van der Waals surface area contributed by atoms with Crippen LogP contribution in [0.2, 0.25) is 0 Å². The van der Waals surface area contributed by atoms with Crippen LogP contribution in [0, 0.1) is 0 Å². The van der Waals surface area contributed by atoms with Crippen LogP contribution < -0.4 is 10.6 Å². The first-order valence-corrected chi connectivity index (χ1v) is 7.22. The Morgan fingerprint density at radius 1 is 1.25 bits per heavy atom. The molecule has 1 aromatic carbocycles. The van der Waals surface area contributed by atoms with E-state index in [2.05, 4.69) is 10.6 Å². The molecule has 1 fully saturated rings. The molecule has 1 aliphatic carbocycles. The smallest absolute Gasteiger partial charge is 0.243 e. The topological polar surface area (TPSA) is 58.2 Å². The van der Waals surface area contributed by atoms with Crippen LogP contribution >= 0.6 is 0 Å². The molecule has 4 heteroatoms. The Morgan fingerprint density at radius 2 is 1.90 bits per heavy atom. The van der Waals surface area contributed by atoms with Gasteiger partial charge >= 0.3 is 0 Å². The van der Waals surface area contributed by atoms with Crippen molar-refractivity contribution in [3.63, 3.8) is 0 Å². The van der Waals surface area contributed by atoms with E-state index in [0.717, 1.165) is 24.8 Å². The molecule has 0 bridgehead atoms. The number of amides is 2. The van der Waals surface area contributed by atoms with Crippen molar-refractivity contribution in [3.8, 4) is 0 Å². The lowest BCUT2D eigenvalue weighted by Crippen LogP contribution is -2.49. The van der Waals surface area contributed by atoms with Crippen molar-refractivity contribution < 1.29 is 9.59 Å². The number of hydrogen-bond donors (Lipinski definition) is 2. The minimum absolute atomic E-state index is 0.0802. The summed E-state index contributed by atoms with van der Waals surface area (Å²) in [4.78, 5) is 23.6. The van der Waals surface area contributed by atoms with Gasteiger partial charge in [-0.3, -0.25) is 9.59 Å². The van der Waals surface area contributed by atoms with Gasteiger partial charge in [0.15, 0.2) is 0 Å². The van der Waals surface area contributed by atoms with Crippen molar-refractivity contribution in [3.05, 3.63) is 35.9 Å². The quantitative estimate of drug-likeness (QED) is 0.834. The molecule has 2 N–H and O–H groups in total. The number of hydrogen-bond acceptors (Lipinski definition) is 2. The minimum Gasteiger partial charge on any atom is -0.345 e. The summed E-state index contributed by atoms with van der Waals surface area (Å²) < 4.78 is 0. The molecule has 0 aromatic heterocycles. The first-order valence-electron chi connectivity index (χ1n) is 7.22. The zero-order valence-electron chi connectivity index (χ0n) is 12.1. The van der Waals surface area contributed by atoms with Gasteiger partial charge in [-0.1, -0.05) is 43.7 Å². The number of rotatable bonds is 6. The fourth-order valence-electron chi connectivity index (χ4n) is 2.49. The second-order valence-corrected chi connectivity index (χ2v) is 5.48. The summed E-state index contributed by atoms with van der Waals surface area (Å²) in [6.45, 7) is 3.45. The predicted octanol–water partition coefficient (Wildman–Crippen LogP) is 2.10. The van der Waals surface area contributed by atoms with Gasteiger partial charge in [0, 0.05) is 6.92 Å². The fraction of sp³-hybridized carbons (Fsp3) is 0.500. The van der Waals surface area contributed by atoms with Crippen LogP contribution in [0.15, 0.2) is 30.3 Å². The van der Waals surface area contributed by atoms with Gasteiger partial charge in [-0.2, -0.15) is 0 Å². The van der Waals surface area contributed by atoms with Gasteiger partial charge < -0.3 is 10.6 Å². The molecule has 0 spiro atoms. The molecular formula is C16H22N2O2. The molecule has 0 radical (unpaired) electrons. The summed E-state index contributed by atoms with van der Waals surface area (Å²) in [5.41, 5.74) is 0.925. The Kier molecular flexibility index (Phi) is 4.42. The molecule has 0 saturated heterocycles. The Balaban J connectivity index is 2.04. The SMILES string of the molecule is CCCC(NC(C)=O)C(=O)NC1(c2ccccc2)CC1. The maximum Gasteiger partial charge on any atom is 0.243 e. The summed E-state index contributed by atoms with van der Waals surface area (Å²) in [5.74, 6) is -0.244. The highest BCUT2D eigenvalue weighted by Gasteiger charge is 2.46. The molecule has 1 unspecified atom stereocenters. The van der Waals surface area contributed by atoms with Crippen molar-refractivity contribution in [2.45, 2.75) is 51.1 Å². The zero-order valence-corrected chi connectivity index (χ0v) is 12.1. The van der Waals surface area contributed by atoms with Gasteiger partial charge in [-0.25, -0.2) is 0 Å². The lowest BCUT2D eigenvalue weighted by atomic mass is 10.0. The molecule has 1 atom stereocenters. The van der Waals surface area contributed by atoms with E-state index < -0.39 is 6.04 Å². The van der Waals surface area contributed by atoms with Crippen LogP contribution in [-0.4, -0.2) is 17.9 Å². The van der Waals surface area contributed by atoms with E-state index in [9.17, 15) is 9.59 Å². The Morgan fingerprint density at radius 3 is 2.40 bits per heavy atom. The average Bonchev–Trinajstić information content (AvgIpc) is 3.20. The van der Waals surface area contributed by atoms with Crippen LogP contribution in [0.1, 0.15) is 45.1 Å². The van der Waals surface area contributed by atoms with E-state index in [1.807, 2.05) is 37.3 Å². The van der Waals surface area contributed by atoms with Crippen LogP contribution in [-0.2, 0) is 15.1 Å². The summed E-state index contributed by atoms with van der Waals surface area (Å²) in [7, 11) is 0. The lowest BCUT2D eigenvalue weighted by Gasteiger charge is -2.23. The highest BCUT2D eigenvalue weighted by molar-refractivity contribution is 5.87. The highest BCUT2D eigenvalue weighted by Crippen LogP contribution is 2.45. The van der Waals surface area contributed by atoms with E-state index in [1.54, 1.807) is 0 Å². The van der Waals surface area contributed by atoms with Crippen LogP contribution in [0.4, 0.5) is 0 Å². The normalized spacial score (nSPS) is 17.1. The van der Waals surface area contributed by atoms with Gasteiger partial charge in [0.1, 0.15) is 6.04 Å². The number of benzene rings is 1. The second kappa shape index (κ2) is 6.07. The Labute approximate surface area is 119 Å². The lowest BCUT2D eigenvalue weighted by molar-refractivity contribution is -0.129. The Hall–Kier alpha value is -1.84. The molecule has 1 aromatic rings. The molecule has 2 amide bonds. The maximum absolute atomic E-state index is 12.4. The molecule has 1 saturated carbocycles. The van der Waals surface area contributed by atoms with E-state index >= 15 is 0 Å². The first kappa shape index (κ1) is 14.6. The van der Waals surface area contributed by atoms with E-state index in [4.69, 9.17) is 0 Å². The monoisotopic (exact) mass is 274 g/mol. The third kappa shape index (κ3) is 3.38. The fourth-order valence-corrected chi connectivity index (χ4v) is 2.49. The standard InChI is InChI=1S/C16H22N2O2/c1-3-7-14(17-12(2)19)15(20)18-16(10-11-16)13-8-5-4-6-9-13/h4-6,8-9,14H,3,7,10-11H2,1-2H3,(H,17,19)(H,18,20). The molecule has 2 rings (SSSR count). The Bertz CT molecular complexity index is 481. The number of carbonyl (C=O) groups is 2. The van der Waals surface area contributed by atoms with E-state index in [-0.39, 0.29) is 17.4 Å². The number of nitrogens with one attached hydrogen (secondary N) is 2. The minimum atomic E-state index is -0.432. The molecule has 1 aliphatic rings. The van der Waals surface area contributed by atoms with Crippen molar-refractivity contribution in [1.29, 1.82) is 0 Å². The summed E-state index contributed by atoms with van der Waals surface area (Å²) in [5, 5.41) is 5.85. The summed E-state index contributed by atoms with van der Waals surface area (Å²) in [6, 6.07) is 9.59. The molecular weight excluding hydrogens is 252 g/mol. The molecule has 0 aliphatic heterocycles. The van der Waals surface area contributed by atoms with Crippen molar-refractivity contribution >= 4 is 11.8 Å². The molecule has 4 nitrogen and oxygen atoms in total. The predicted molar refractivity (Wildman–Crippen MR) is 78.0 cm³/mol. The van der Waals surface area contributed by atoms with Crippen molar-refractivity contribution in [1.82, 2.24) is 10.6 Å². The van der Waals surface area contributed by atoms with E-state index in [0.29, 0.717) is 6.42 Å². The van der Waals surface area contributed by atoms with Gasteiger partial charge in [0.2, 0.25) is 11.8 Å². The third-order valence-electron chi connectivity index (χ3n) is 3.71. The van der Waals surface area contributed by atoms with Gasteiger partial charge in [0.25, 0.3) is 0 Å². The molecule has 108 valence electrons. The third-order valence-corrected chi connectivity index (χ3v) is 3.71. The number of carbonyl (C=O) groups excluding carboxylic acids is 2. The first-order chi connectivity index (χ1) is 9.57. The average molecular weight is 274 g/mol. The van der Waals surface area contributed by atoms with Crippen LogP contribution in [0.3, 0.4) is 0 Å². The van der Waals surface area contributed by atoms with Crippen LogP contribution in [0.25, 0.3) is 0 Å². The zero-order chi connectivity index (χ0) is 14.6. The van der Waals surface area contributed by atoms with Gasteiger partial charge in [0.05, 0.1) is 5.54 Å². The highest BCUT2D eigenvalue weighted by atomic mass is 16.2. The summed E-state index contributed by atoms with van der Waals surface area (Å²) >= 11 is 0. The van der Waals surface area contributed by atoms with Crippen LogP contribution in [0.5, 0.6) is 0 Å². The maximum atomic E-state index is 12.4. The summed E-state index contributed by atoms with van der Waals surface area (Å²) in [6.07, 6.45) is 3.44.